The maximum Gasteiger partial charge on any atom is 0.0540 e. The first-order valence-corrected chi connectivity index (χ1v) is 24.0. The van der Waals surface area contributed by atoms with Crippen molar-refractivity contribution in [2.24, 2.45) is 0 Å². The number of para-hydroxylation sites is 1. The molecule has 10 aromatic carbocycles. The second-order valence-electron chi connectivity index (χ2n) is 18.3. The van der Waals surface area contributed by atoms with E-state index in [1.807, 2.05) is 0 Å². The van der Waals surface area contributed by atoms with E-state index in [1.54, 1.807) is 0 Å². The third-order valence-corrected chi connectivity index (χ3v) is 14.5. The summed E-state index contributed by atoms with van der Waals surface area (Å²) in [4.78, 5) is 2.50. The predicted octanol–water partition coefficient (Wildman–Crippen LogP) is 18.4. The van der Waals surface area contributed by atoms with E-state index in [-0.39, 0.29) is 5.41 Å². The minimum Gasteiger partial charge on any atom is -0.310 e. The molecule has 67 heavy (non-hydrogen) atoms. The molecule has 1 heteroatoms. The van der Waals surface area contributed by atoms with E-state index in [9.17, 15) is 0 Å². The molecule has 10 aromatic rings. The Kier molecular flexibility index (Phi) is 10.5. The number of hydrogen-bond donors (Lipinski definition) is 0. The molecule has 0 radical (unpaired) electrons. The van der Waals surface area contributed by atoms with Crippen LogP contribution in [0.1, 0.15) is 43.2 Å². The third-order valence-electron chi connectivity index (χ3n) is 14.5. The number of hydrogen-bond acceptors (Lipinski definition) is 1. The van der Waals surface area contributed by atoms with Crippen molar-refractivity contribution < 1.29 is 0 Å². The smallest absolute Gasteiger partial charge is 0.0540 e. The summed E-state index contributed by atoms with van der Waals surface area (Å²) >= 11 is 0. The molecule has 0 bridgehead atoms. The fourth-order valence-electron chi connectivity index (χ4n) is 11.3. The average Bonchev–Trinajstić information content (AvgIpc) is 3.67. The zero-order chi connectivity index (χ0) is 44.6. The Morgan fingerprint density at radius 2 is 0.672 bits per heavy atom. The second-order valence-corrected chi connectivity index (χ2v) is 18.3. The summed E-state index contributed by atoms with van der Waals surface area (Å²) in [5, 5.41) is 0. The molecule has 0 aliphatic heterocycles. The van der Waals surface area contributed by atoms with Crippen molar-refractivity contribution in [1.29, 1.82) is 0 Å². The molecule has 0 atom stereocenters. The molecule has 0 saturated heterocycles. The molecule has 0 heterocycles. The Balaban J connectivity index is 1.03. The lowest BCUT2D eigenvalue weighted by Gasteiger charge is -2.36. The Hall–Kier alpha value is -8.00. The maximum absolute atomic E-state index is 2.50. The fraction of sp³-hybridized carbons (Fsp3) is 0.0909. The van der Waals surface area contributed by atoms with Gasteiger partial charge in [0.1, 0.15) is 0 Å². The highest BCUT2D eigenvalue weighted by Crippen LogP contribution is 2.57. The van der Waals surface area contributed by atoms with Gasteiger partial charge in [0, 0.05) is 22.4 Å². The van der Waals surface area contributed by atoms with Gasteiger partial charge in [-0.25, -0.2) is 0 Å². The standard InChI is InChI=1S/C66H51N/c1-5-21-47(22-6-1)51-43-52(48-23-7-2-8-24-48)45-53(44-51)49-35-37-54(38-36-49)67(55-39-40-64-62(46-55)60-31-15-17-33-63(60)66(64)41-19-4-20-42-66)65-34-18-16-32-61(65)59-30-14-13-29-58(59)57-28-12-11-27-56(57)50-25-9-3-10-26-50/h1-3,5-18,21-40,43-46H,4,19-20,41-42H2. The highest BCUT2D eigenvalue weighted by Gasteiger charge is 2.43. The van der Waals surface area contributed by atoms with Crippen molar-refractivity contribution in [2.45, 2.75) is 37.5 Å². The molecule has 2 aliphatic rings. The average molecular weight is 858 g/mol. The van der Waals surface area contributed by atoms with Gasteiger partial charge in [-0.05, 0) is 145 Å². The van der Waals surface area contributed by atoms with Crippen molar-refractivity contribution >= 4 is 17.1 Å². The molecule has 320 valence electrons. The van der Waals surface area contributed by atoms with Gasteiger partial charge in [0.05, 0.1) is 5.69 Å². The minimum absolute atomic E-state index is 0.0884. The molecular formula is C66H51N. The molecule has 1 spiro atoms. The van der Waals surface area contributed by atoms with Crippen LogP contribution in [0.4, 0.5) is 17.1 Å². The Labute approximate surface area is 395 Å². The van der Waals surface area contributed by atoms with Gasteiger partial charge >= 0.3 is 0 Å². The number of nitrogens with zero attached hydrogens (tertiary/aromatic N) is 1. The van der Waals surface area contributed by atoms with Gasteiger partial charge in [0.15, 0.2) is 0 Å². The van der Waals surface area contributed by atoms with E-state index in [4.69, 9.17) is 0 Å². The van der Waals surface area contributed by atoms with Crippen LogP contribution in [0.2, 0.25) is 0 Å². The van der Waals surface area contributed by atoms with E-state index in [0.29, 0.717) is 0 Å². The van der Waals surface area contributed by atoms with E-state index in [2.05, 4.69) is 254 Å². The predicted molar refractivity (Wildman–Crippen MR) is 283 cm³/mol. The van der Waals surface area contributed by atoms with Crippen LogP contribution in [0, 0.1) is 0 Å². The highest BCUT2D eigenvalue weighted by atomic mass is 15.1. The topological polar surface area (TPSA) is 3.24 Å². The van der Waals surface area contributed by atoms with Crippen LogP contribution >= 0.6 is 0 Å². The first-order valence-electron chi connectivity index (χ1n) is 24.0. The summed E-state index contributed by atoms with van der Waals surface area (Å²) in [6, 6.07) is 91.9. The first-order chi connectivity index (χ1) is 33.2. The zero-order valence-corrected chi connectivity index (χ0v) is 37.7. The summed E-state index contributed by atoms with van der Waals surface area (Å²) in [6.07, 6.45) is 6.29. The van der Waals surface area contributed by atoms with Gasteiger partial charge in [0.2, 0.25) is 0 Å². The van der Waals surface area contributed by atoms with Gasteiger partial charge in [-0.2, -0.15) is 0 Å². The summed E-state index contributed by atoms with van der Waals surface area (Å²) in [6.45, 7) is 0. The Morgan fingerprint density at radius 1 is 0.254 bits per heavy atom. The van der Waals surface area contributed by atoms with Crippen molar-refractivity contribution in [3.05, 3.63) is 260 Å². The first kappa shape index (κ1) is 40.5. The Morgan fingerprint density at radius 3 is 1.27 bits per heavy atom. The molecule has 0 amide bonds. The molecule has 0 unspecified atom stereocenters. The lowest BCUT2D eigenvalue weighted by Crippen LogP contribution is -2.28. The van der Waals surface area contributed by atoms with Crippen LogP contribution < -0.4 is 4.90 Å². The van der Waals surface area contributed by atoms with Crippen molar-refractivity contribution in [3.63, 3.8) is 0 Å². The monoisotopic (exact) mass is 857 g/mol. The van der Waals surface area contributed by atoms with Crippen molar-refractivity contribution in [2.75, 3.05) is 4.90 Å². The van der Waals surface area contributed by atoms with Crippen LogP contribution in [0.15, 0.2) is 249 Å². The summed E-state index contributed by atoms with van der Waals surface area (Å²) in [5.41, 5.74) is 23.7. The summed E-state index contributed by atoms with van der Waals surface area (Å²) in [5.74, 6) is 0. The highest BCUT2D eigenvalue weighted by molar-refractivity contribution is 5.98. The van der Waals surface area contributed by atoms with Crippen LogP contribution in [0.25, 0.3) is 77.9 Å². The van der Waals surface area contributed by atoms with Crippen molar-refractivity contribution in [3.8, 4) is 77.9 Å². The van der Waals surface area contributed by atoms with E-state index in [1.165, 1.54) is 121 Å². The quantitative estimate of drug-likeness (QED) is 0.140. The maximum atomic E-state index is 2.50. The third kappa shape index (κ3) is 7.38. The van der Waals surface area contributed by atoms with Crippen LogP contribution in [-0.4, -0.2) is 0 Å². The van der Waals surface area contributed by atoms with E-state index in [0.717, 1.165) is 17.1 Å². The van der Waals surface area contributed by atoms with Crippen LogP contribution in [0.3, 0.4) is 0 Å². The number of anilines is 3. The zero-order valence-electron chi connectivity index (χ0n) is 37.7. The Bertz CT molecular complexity index is 3300. The summed E-state index contributed by atoms with van der Waals surface area (Å²) < 4.78 is 0. The number of rotatable bonds is 9. The number of fused-ring (bicyclic) bond motifs is 5. The van der Waals surface area contributed by atoms with Gasteiger partial charge in [-0.15, -0.1) is 0 Å². The molecule has 2 aliphatic carbocycles. The van der Waals surface area contributed by atoms with Gasteiger partial charge in [0.25, 0.3) is 0 Å². The van der Waals surface area contributed by atoms with Crippen LogP contribution in [-0.2, 0) is 5.41 Å². The molecular weight excluding hydrogens is 807 g/mol. The SMILES string of the molecule is c1ccc(-c2cc(-c3ccccc3)cc(-c3ccc(N(c4ccc5c(c4)-c4ccccc4C54CCCCC4)c4ccccc4-c4ccccc4-c4ccccc4-c4ccccc4)cc3)c2)cc1. The minimum atomic E-state index is 0.0884. The largest absolute Gasteiger partial charge is 0.310 e. The van der Waals surface area contributed by atoms with Gasteiger partial charge < -0.3 is 4.90 Å². The molecule has 0 aromatic heterocycles. The molecule has 1 nitrogen and oxygen atoms in total. The molecule has 1 saturated carbocycles. The van der Waals surface area contributed by atoms with Gasteiger partial charge in [-0.3, -0.25) is 0 Å². The van der Waals surface area contributed by atoms with E-state index >= 15 is 0 Å². The fourth-order valence-corrected chi connectivity index (χ4v) is 11.3. The van der Waals surface area contributed by atoms with Crippen LogP contribution in [0.5, 0.6) is 0 Å². The van der Waals surface area contributed by atoms with E-state index < -0.39 is 0 Å². The number of benzene rings is 10. The van der Waals surface area contributed by atoms with Crippen molar-refractivity contribution in [1.82, 2.24) is 0 Å². The lowest BCUT2D eigenvalue weighted by molar-refractivity contribution is 0.353. The molecule has 12 rings (SSSR count). The molecule has 1 fully saturated rings. The second kappa shape index (κ2) is 17.4. The summed E-state index contributed by atoms with van der Waals surface area (Å²) in [7, 11) is 0. The lowest BCUT2D eigenvalue weighted by atomic mass is 9.68. The normalized spacial score (nSPS) is 13.5. The van der Waals surface area contributed by atoms with Gasteiger partial charge in [-0.1, -0.05) is 219 Å². The molecule has 0 N–H and O–H groups in total.